The van der Waals surface area contributed by atoms with E-state index in [4.69, 9.17) is 0 Å². The molecule has 6 heteroatoms. The van der Waals surface area contributed by atoms with Gasteiger partial charge < -0.3 is 4.90 Å². The molecule has 4 heterocycles. The van der Waals surface area contributed by atoms with Crippen LogP contribution in [0.1, 0.15) is 42.0 Å². The van der Waals surface area contributed by atoms with E-state index in [9.17, 15) is 4.79 Å². The van der Waals surface area contributed by atoms with Crippen LogP contribution in [0.15, 0.2) is 42.5 Å². The summed E-state index contributed by atoms with van der Waals surface area (Å²) in [4.78, 5) is 18.8. The van der Waals surface area contributed by atoms with E-state index < -0.39 is 0 Å². The lowest BCUT2D eigenvalue weighted by atomic mass is 9.85. The average Bonchev–Trinajstić information content (AvgIpc) is 3.55. The van der Waals surface area contributed by atoms with Crippen LogP contribution in [0.4, 0.5) is 0 Å². The van der Waals surface area contributed by atoms with E-state index in [1.165, 1.54) is 28.4 Å². The van der Waals surface area contributed by atoms with Gasteiger partial charge in [0.05, 0.1) is 11.7 Å². The van der Waals surface area contributed by atoms with Crippen LogP contribution in [0.3, 0.4) is 0 Å². The van der Waals surface area contributed by atoms with Gasteiger partial charge in [0.15, 0.2) is 0 Å². The van der Waals surface area contributed by atoms with E-state index in [0.29, 0.717) is 23.9 Å². The first-order chi connectivity index (χ1) is 14.7. The summed E-state index contributed by atoms with van der Waals surface area (Å²) in [5.41, 5.74) is 5.85. The van der Waals surface area contributed by atoms with E-state index in [2.05, 4.69) is 61.0 Å². The summed E-state index contributed by atoms with van der Waals surface area (Å²) in [5.74, 6) is 0.840. The summed E-state index contributed by atoms with van der Waals surface area (Å²) >= 11 is 1.27. The van der Waals surface area contributed by atoms with Crippen molar-refractivity contribution in [1.82, 2.24) is 18.5 Å². The maximum Gasteiger partial charge on any atom is 0.243 e. The van der Waals surface area contributed by atoms with Crippen LogP contribution in [0, 0.1) is 5.92 Å². The number of hydrogen-bond acceptors (Lipinski definition) is 5. The van der Waals surface area contributed by atoms with Crippen molar-refractivity contribution >= 4 is 28.7 Å². The Morgan fingerprint density at radius 1 is 1.03 bits per heavy atom. The predicted molar refractivity (Wildman–Crippen MR) is 116 cm³/mol. The second-order valence-corrected chi connectivity index (χ2v) is 10.00. The third-order valence-corrected chi connectivity index (χ3v) is 8.77. The number of fused-ring (bicyclic) bond motifs is 2. The van der Waals surface area contributed by atoms with E-state index in [-0.39, 0.29) is 5.54 Å². The maximum atomic E-state index is 13.9. The van der Waals surface area contributed by atoms with Gasteiger partial charge in [0.1, 0.15) is 16.6 Å². The molecule has 1 aliphatic carbocycles. The van der Waals surface area contributed by atoms with Crippen molar-refractivity contribution in [2.75, 3.05) is 13.1 Å². The minimum atomic E-state index is -0.269. The number of carbonyl (C=O) groups excluding carboxylic acids is 1. The second kappa shape index (κ2) is 6.11. The smallest absolute Gasteiger partial charge is 0.243 e. The van der Waals surface area contributed by atoms with Gasteiger partial charge in [-0.05, 0) is 67.5 Å². The van der Waals surface area contributed by atoms with Gasteiger partial charge in [0.2, 0.25) is 5.91 Å². The Balaban J connectivity index is 1.20. The van der Waals surface area contributed by atoms with Crippen LogP contribution in [0.5, 0.6) is 0 Å². The number of nitrogens with zero attached hydrogens (tertiary/aromatic N) is 4. The van der Waals surface area contributed by atoms with Crippen molar-refractivity contribution in [2.24, 2.45) is 5.92 Å². The zero-order chi connectivity index (χ0) is 19.9. The molecule has 7 rings (SSSR count). The van der Waals surface area contributed by atoms with Gasteiger partial charge in [-0.2, -0.15) is 8.75 Å². The van der Waals surface area contributed by atoms with Crippen LogP contribution in [0.2, 0.25) is 0 Å². The van der Waals surface area contributed by atoms with E-state index in [1.54, 1.807) is 0 Å². The number of hydrogen-bond donors (Lipinski definition) is 0. The number of benzene rings is 2. The van der Waals surface area contributed by atoms with Crippen molar-refractivity contribution in [3.05, 3.63) is 59.2 Å². The van der Waals surface area contributed by atoms with Crippen molar-refractivity contribution < 1.29 is 4.79 Å². The van der Waals surface area contributed by atoms with Crippen LogP contribution < -0.4 is 0 Å². The number of amides is 1. The number of aromatic nitrogens is 2. The minimum Gasteiger partial charge on any atom is -0.337 e. The molecule has 30 heavy (non-hydrogen) atoms. The fourth-order valence-electron chi connectivity index (χ4n) is 6.92. The Labute approximate surface area is 180 Å². The van der Waals surface area contributed by atoms with Gasteiger partial charge in [0, 0.05) is 24.5 Å². The highest BCUT2D eigenvalue weighted by Crippen LogP contribution is 2.56. The molecule has 3 fully saturated rings. The summed E-state index contributed by atoms with van der Waals surface area (Å²) in [6, 6.07) is 15.9. The van der Waals surface area contributed by atoms with Crippen LogP contribution in [-0.2, 0) is 17.6 Å². The van der Waals surface area contributed by atoms with Gasteiger partial charge in [0.25, 0.3) is 0 Å². The normalized spacial score (nSPS) is 30.9. The van der Waals surface area contributed by atoms with Crippen LogP contribution in [0.25, 0.3) is 11.0 Å². The van der Waals surface area contributed by atoms with Crippen molar-refractivity contribution in [3.8, 4) is 0 Å². The monoisotopic (exact) mass is 416 g/mol. The molecule has 1 spiro atoms. The lowest BCUT2D eigenvalue weighted by molar-refractivity contribution is -0.138. The largest absolute Gasteiger partial charge is 0.337 e. The number of carbonyl (C=O) groups is 1. The molecule has 1 aromatic heterocycles. The first kappa shape index (κ1) is 17.4. The Morgan fingerprint density at radius 3 is 2.67 bits per heavy atom. The molecule has 3 aromatic rings. The van der Waals surface area contributed by atoms with Crippen LogP contribution >= 0.6 is 11.7 Å². The first-order valence-electron chi connectivity index (χ1n) is 11.1. The quantitative estimate of drug-likeness (QED) is 0.641. The molecule has 0 N–H and O–H groups in total. The zero-order valence-electron chi connectivity index (χ0n) is 16.8. The Kier molecular flexibility index (Phi) is 3.54. The zero-order valence-corrected chi connectivity index (χ0v) is 17.6. The fraction of sp³-hybridized carbons (Fsp3) is 0.458. The molecule has 4 aliphatic rings. The fourth-order valence-corrected chi connectivity index (χ4v) is 7.44. The lowest BCUT2D eigenvalue weighted by Crippen LogP contribution is -2.51. The maximum absolute atomic E-state index is 13.9. The van der Waals surface area contributed by atoms with E-state index in [0.717, 1.165) is 56.2 Å². The molecule has 3 saturated heterocycles. The summed E-state index contributed by atoms with van der Waals surface area (Å²) in [7, 11) is 0. The average molecular weight is 417 g/mol. The van der Waals surface area contributed by atoms with E-state index in [1.807, 2.05) is 0 Å². The Hall–Kier alpha value is -2.31. The number of rotatable bonds is 2. The Bertz CT molecular complexity index is 1150. The van der Waals surface area contributed by atoms with Gasteiger partial charge >= 0.3 is 0 Å². The standard InChI is InChI=1S/C24H24N4OS/c29-23-24-8-3-9-28(24)22(17-6-7-20-21(12-17)26-30-25-20)13-18(24)14-27(23)19-10-15-4-1-2-5-16(15)11-19/h1-2,4-7,12,18-19,22H,3,8-11,13-14H2/t18-,22-,24-/m0/s1. The van der Waals surface area contributed by atoms with Crippen LogP contribution in [-0.4, -0.2) is 49.1 Å². The SMILES string of the molecule is O=C1N(C2Cc3ccccc3C2)C[C@@H]2C[C@@H](c3ccc4nsnc4c3)N3CCC[C@@]123. The highest BCUT2D eigenvalue weighted by atomic mass is 32.1. The van der Waals surface area contributed by atoms with Gasteiger partial charge in [-0.3, -0.25) is 9.69 Å². The summed E-state index contributed by atoms with van der Waals surface area (Å²) < 4.78 is 8.79. The molecule has 0 bridgehead atoms. The summed E-state index contributed by atoms with van der Waals surface area (Å²) in [6.07, 6.45) is 5.25. The molecule has 2 aromatic carbocycles. The van der Waals surface area contributed by atoms with Gasteiger partial charge in [-0.15, -0.1) is 0 Å². The molecule has 152 valence electrons. The highest BCUT2D eigenvalue weighted by Gasteiger charge is 2.65. The molecular weight excluding hydrogens is 392 g/mol. The molecular formula is C24H24N4OS. The molecule has 5 nitrogen and oxygen atoms in total. The predicted octanol–water partition coefficient (Wildman–Crippen LogP) is 3.60. The first-order valence-corrected chi connectivity index (χ1v) is 11.8. The number of likely N-dealkylation sites (tertiary alicyclic amines) is 1. The molecule has 3 aliphatic heterocycles. The van der Waals surface area contributed by atoms with Crippen molar-refractivity contribution in [3.63, 3.8) is 0 Å². The van der Waals surface area contributed by atoms with Crippen molar-refractivity contribution in [1.29, 1.82) is 0 Å². The lowest BCUT2D eigenvalue weighted by Gasteiger charge is -2.35. The van der Waals surface area contributed by atoms with Crippen molar-refractivity contribution in [2.45, 2.75) is 49.7 Å². The highest BCUT2D eigenvalue weighted by molar-refractivity contribution is 7.00. The van der Waals surface area contributed by atoms with Gasteiger partial charge in [-0.25, -0.2) is 0 Å². The summed E-state index contributed by atoms with van der Waals surface area (Å²) in [6.45, 7) is 1.95. The molecule has 0 unspecified atom stereocenters. The summed E-state index contributed by atoms with van der Waals surface area (Å²) in [5, 5.41) is 0. The second-order valence-electron chi connectivity index (χ2n) is 9.47. The third kappa shape index (κ3) is 2.18. The molecule has 0 saturated carbocycles. The molecule has 0 radical (unpaired) electrons. The topological polar surface area (TPSA) is 49.3 Å². The minimum absolute atomic E-state index is 0.269. The molecule has 1 amide bonds. The van der Waals surface area contributed by atoms with E-state index >= 15 is 0 Å². The van der Waals surface area contributed by atoms with Gasteiger partial charge in [-0.1, -0.05) is 30.3 Å². The molecule has 3 atom stereocenters. The third-order valence-electron chi connectivity index (χ3n) is 8.21. The Morgan fingerprint density at radius 2 is 1.83 bits per heavy atom.